The minimum absolute atomic E-state index is 0.109. The predicted octanol–water partition coefficient (Wildman–Crippen LogP) is 2.35. The summed E-state index contributed by atoms with van der Waals surface area (Å²) >= 11 is 0. The monoisotopic (exact) mass is 364 g/mol. The first-order valence-corrected chi connectivity index (χ1v) is 9.60. The number of rotatable bonds is 5. The zero-order chi connectivity index (χ0) is 18.5. The highest BCUT2D eigenvalue weighted by atomic mass is 19.1. The molecule has 0 aromatic heterocycles. The normalized spacial score (nSPS) is 25.9. The molecule has 2 aliphatic rings. The molecule has 6 heteroatoms. The van der Waals surface area contributed by atoms with Crippen molar-refractivity contribution in [3.8, 4) is 0 Å². The molecule has 1 aromatic carbocycles. The lowest BCUT2D eigenvalue weighted by Crippen LogP contribution is -2.50. The van der Waals surface area contributed by atoms with Crippen LogP contribution in [0.1, 0.15) is 44.3 Å². The van der Waals surface area contributed by atoms with Crippen molar-refractivity contribution in [1.29, 1.82) is 0 Å². The number of amides is 1. The van der Waals surface area contributed by atoms with Crippen LogP contribution in [-0.4, -0.2) is 65.7 Å². The summed E-state index contributed by atoms with van der Waals surface area (Å²) in [5, 5.41) is 9.72. The van der Waals surface area contributed by atoms with E-state index in [0.29, 0.717) is 32.7 Å². The molecule has 2 fully saturated rings. The van der Waals surface area contributed by atoms with Gasteiger partial charge >= 0.3 is 0 Å². The van der Waals surface area contributed by atoms with Crippen LogP contribution >= 0.6 is 0 Å². The van der Waals surface area contributed by atoms with Gasteiger partial charge in [0.25, 0.3) is 0 Å². The lowest BCUT2D eigenvalue weighted by Gasteiger charge is -2.39. The Balaban J connectivity index is 1.59. The Hall–Kier alpha value is -1.50. The molecule has 1 N–H and O–H groups in total. The maximum absolute atomic E-state index is 13.1. The Kier molecular flexibility index (Phi) is 6.62. The van der Waals surface area contributed by atoms with Crippen molar-refractivity contribution in [3.63, 3.8) is 0 Å². The zero-order valence-electron chi connectivity index (χ0n) is 15.4. The number of aliphatic hydroxyl groups is 1. The Morgan fingerprint density at radius 2 is 2.08 bits per heavy atom. The molecular formula is C20H29FN2O3. The Morgan fingerprint density at radius 1 is 1.31 bits per heavy atom. The van der Waals surface area contributed by atoms with E-state index < -0.39 is 0 Å². The highest BCUT2D eigenvalue weighted by Crippen LogP contribution is 2.24. The summed E-state index contributed by atoms with van der Waals surface area (Å²) in [5.41, 5.74) is 0.897. The molecule has 3 rings (SSSR count). The fourth-order valence-corrected chi connectivity index (χ4v) is 3.96. The van der Waals surface area contributed by atoms with Crippen LogP contribution in [0.3, 0.4) is 0 Å². The van der Waals surface area contributed by atoms with Crippen LogP contribution in [-0.2, 0) is 9.53 Å². The number of likely N-dealkylation sites (tertiary alicyclic amines) is 1. The van der Waals surface area contributed by atoms with Crippen molar-refractivity contribution in [3.05, 3.63) is 35.6 Å². The fourth-order valence-electron chi connectivity index (χ4n) is 3.96. The standard InChI is InChI=1S/C20H29FN2O3/c1-15(24)12-18-4-2-3-9-22(18)14-20(25)23-10-11-26-19(13-23)16-5-7-17(21)8-6-16/h5-8,15,18-19,24H,2-4,9-14H2,1H3. The number of hydrogen-bond acceptors (Lipinski definition) is 4. The molecule has 2 aliphatic heterocycles. The highest BCUT2D eigenvalue weighted by Gasteiger charge is 2.30. The number of morpholine rings is 1. The van der Waals surface area contributed by atoms with Crippen LogP contribution in [0.4, 0.5) is 4.39 Å². The molecule has 1 aromatic rings. The molecule has 0 radical (unpaired) electrons. The molecule has 2 saturated heterocycles. The Bertz CT molecular complexity index is 593. The van der Waals surface area contributed by atoms with Gasteiger partial charge in [-0.25, -0.2) is 4.39 Å². The molecule has 0 saturated carbocycles. The molecule has 0 aliphatic carbocycles. The number of piperidine rings is 1. The van der Waals surface area contributed by atoms with Crippen molar-refractivity contribution in [2.45, 2.75) is 50.9 Å². The van der Waals surface area contributed by atoms with Gasteiger partial charge in [-0.1, -0.05) is 18.6 Å². The Morgan fingerprint density at radius 3 is 2.81 bits per heavy atom. The molecule has 1 amide bonds. The maximum Gasteiger partial charge on any atom is 0.236 e. The number of halogens is 1. The predicted molar refractivity (Wildman–Crippen MR) is 97.2 cm³/mol. The van der Waals surface area contributed by atoms with Crippen molar-refractivity contribution in [1.82, 2.24) is 9.80 Å². The summed E-state index contributed by atoms with van der Waals surface area (Å²) in [5.74, 6) is -0.162. The topological polar surface area (TPSA) is 53.0 Å². The highest BCUT2D eigenvalue weighted by molar-refractivity contribution is 5.78. The fraction of sp³-hybridized carbons (Fsp3) is 0.650. The Labute approximate surface area is 154 Å². The van der Waals surface area contributed by atoms with Crippen molar-refractivity contribution >= 4 is 5.91 Å². The van der Waals surface area contributed by atoms with Gasteiger partial charge in [0.1, 0.15) is 11.9 Å². The number of nitrogens with zero attached hydrogens (tertiary/aromatic N) is 2. The van der Waals surface area contributed by atoms with Crippen LogP contribution in [0.5, 0.6) is 0 Å². The minimum Gasteiger partial charge on any atom is -0.393 e. The van der Waals surface area contributed by atoms with E-state index in [0.717, 1.165) is 31.4 Å². The molecule has 3 unspecified atom stereocenters. The van der Waals surface area contributed by atoms with Crippen LogP contribution in [0.2, 0.25) is 0 Å². The van der Waals surface area contributed by atoms with Gasteiger partial charge in [0.2, 0.25) is 5.91 Å². The second-order valence-electron chi connectivity index (χ2n) is 7.46. The average Bonchev–Trinajstić information content (AvgIpc) is 2.63. The van der Waals surface area contributed by atoms with Crippen LogP contribution in [0.15, 0.2) is 24.3 Å². The van der Waals surface area contributed by atoms with Gasteiger partial charge in [0, 0.05) is 12.6 Å². The first-order chi connectivity index (χ1) is 12.5. The molecule has 3 atom stereocenters. The van der Waals surface area contributed by atoms with Gasteiger partial charge in [0.15, 0.2) is 0 Å². The third-order valence-corrected chi connectivity index (χ3v) is 5.36. The van der Waals surface area contributed by atoms with E-state index in [-0.39, 0.29) is 30.0 Å². The SMILES string of the molecule is CC(O)CC1CCCCN1CC(=O)N1CCOC(c2ccc(F)cc2)C1. The summed E-state index contributed by atoms with van der Waals surface area (Å²) in [6.07, 6.45) is 3.47. The lowest BCUT2D eigenvalue weighted by molar-refractivity contribution is -0.141. The maximum atomic E-state index is 13.1. The number of ether oxygens (including phenoxy) is 1. The van der Waals surface area contributed by atoms with Crippen LogP contribution in [0.25, 0.3) is 0 Å². The molecule has 144 valence electrons. The average molecular weight is 364 g/mol. The van der Waals surface area contributed by atoms with Gasteiger partial charge in [0.05, 0.1) is 25.8 Å². The number of aliphatic hydroxyl groups excluding tert-OH is 1. The van der Waals surface area contributed by atoms with Crippen LogP contribution < -0.4 is 0 Å². The van der Waals surface area contributed by atoms with Gasteiger partial charge in [-0.05, 0) is 50.4 Å². The van der Waals surface area contributed by atoms with Crippen molar-refractivity contribution in [2.24, 2.45) is 0 Å². The third-order valence-electron chi connectivity index (χ3n) is 5.36. The summed E-state index contributed by atoms with van der Waals surface area (Å²) in [4.78, 5) is 16.9. The van der Waals surface area contributed by atoms with E-state index in [4.69, 9.17) is 4.74 Å². The van der Waals surface area contributed by atoms with Crippen molar-refractivity contribution < 1.29 is 19.0 Å². The molecule has 26 heavy (non-hydrogen) atoms. The smallest absolute Gasteiger partial charge is 0.236 e. The first-order valence-electron chi connectivity index (χ1n) is 9.60. The zero-order valence-corrected chi connectivity index (χ0v) is 15.4. The van der Waals surface area contributed by atoms with Gasteiger partial charge in [-0.2, -0.15) is 0 Å². The number of carbonyl (C=O) groups is 1. The van der Waals surface area contributed by atoms with Gasteiger partial charge in [-0.3, -0.25) is 9.69 Å². The van der Waals surface area contributed by atoms with E-state index >= 15 is 0 Å². The van der Waals surface area contributed by atoms with Crippen LogP contribution in [0, 0.1) is 5.82 Å². The van der Waals surface area contributed by atoms with E-state index in [1.165, 1.54) is 12.1 Å². The molecule has 0 bridgehead atoms. The second-order valence-corrected chi connectivity index (χ2v) is 7.46. The van der Waals surface area contributed by atoms with E-state index in [1.54, 1.807) is 12.1 Å². The molecule has 5 nitrogen and oxygen atoms in total. The first kappa shape index (κ1) is 19.3. The van der Waals surface area contributed by atoms with Crippen molar-refractivity contribution in [2.75, 3.05) is 32.8 Å². The summed E-state index contributed by atoms with van der Waals surface area (Å²) in [6.45, 7) is 4.70. The molecule has 0 spiro atoms. The summed E-state index contributed by atoms with van der Waals surface area (Å²) in [7, 11) is 0. The van der Waals surface area contributed by atoms with E-state index in [9.17, 15) is 14.3 Å². The third kappa shape index (κ3) is 5.02. The number of benzene rings is 1. The summed E-state index contributed by atoms with van der Waals surface area (Å²) < 4.78 is 18.9. The largest absolute Gasteiger partial charge is 0.393 e. The second kappa shape index (κ2) is 8.93. The van der Waals surface area contributed by atoms with Gasteiger partial charge in [-0.15, -0.1) is 0 Å². The molecular weight excluding hydrogens is 335 g/mol. The number of carbonyl (C=O) groups excluding carboxylic acids is 1. The van der Waals surface area contributed by atoms with Gasteiger partial charge < -0.3 is 14.7 Å². The van der Waals surface area contributed by atoms with E-state index in [1.807, 2.05) is 11.8 Å². The quantitative estimate of drug-likeness (QED) is 0.871. The minimum atomic E-state index is -0.345. The lowest BCUT2D eigenvalue weighted by atomic mass is 9.97. The molecule has 2 heterocycles. The van der Waals surface area contributed by atoms with E-state index in [2.05, 4.69) is 4.90 Å². The number of hydrogen-bond donors (Lipinski definition) is 1. The summed E-state index contributed by atoms with van der Waals surface area (Å²) in [6, 6.07) is 6.57.